The van der Waals surface area contributed by atoms with Gasteiger partial charge in [-0.2, -0.15) is 5.10 Å². The zero-order chi connectivity index (χ0) is 24.9. The average molecular weight is 491 g/mol. The second-order valence-electron chi connectivity index (χ2n) is 9.04. The molecule has 6 aromatic rings. The molecule has 1 amide bonds. The molecular weight excluding hydrogens is 471 g/mol. The fourth-order valence-electron chi connectivity index (χ4n) is 4.33. The largest absolute Gasteiger partial charge is 0.336 e. The molecule has 0 atom stereocenters. The normalized spacial score (nSPS) is 13.3. The van der Waals surface area contributed by atoms with Gasteiger partial charge in [-0.15, -0.1) is 0 Å². The summed E-state index contributed by atoms with van der Waals surface area (Å²) in [6.45, 7) is 0. The number of pyridine rings is 3. The Morgan fingerprint density at radius 1 is 0.919 bits per heavy atom. The number of amides is 1. The molecule has 1 fully saturated rings. The number of aromatic amines is 2. The van der Waals surface area contributed by atoms with Crippen molar-refractivity contribution >= 4 is 33.7 Å². The number of rotatable bonds is 5. The number of nitrogens with one attached hydrogen (secondary N) is 3. The van der Waals surface area contributed by atoms with Crippen molar-refractivity contribution in [2.24, 2.45) is 5.92 Å². The van der Waals surface area contributed by atoms with Gasteiger partial charge in [-0.3, -0.25) is 19.9 Å². The Bertz CT molecular complexity index is 1800. The van der Waals surface area contributed by atoms with Gasteiger partial charge < -0.3 is 10.3 Å². The minimum absolute atomic E-state index is 0.0267. The van der Waals surface area contributed by atoms with Crippen molar-refractivity contribution in [3.05, 3.63) is 72.9 Å². The van der Waals surface area contributed by atoms with Crippen LogP contribution in [0.5, 0.6) is 0 Å². The quantitative estimate of drug-likeness (QED) is 0.308. The summed E-state index contributed by atoms with van der Waals surface area (Å²) >= 11 is 0. The summed E-state index contributed by atoms with van der Waals surface area (Å²) in [5.41, 5.74) is 6.89. The van der Waals surface area contributed by atoms with Crippen LogP contribution >= 0.6 is 0 Å². The SMILES string of the molecule is O=C(Nc1cncc(-c2ccc3[nH]nc(-c4nc5c(-c6ccc(F)cc6)nccc5[nH]4)c3n2)c1)C1CC1. The third kappa shape index (κ3) is 3.88. The molecule has 5 heterocycles. The third-order valence-corrected chi connectivity index (χ3v) is 6.40. The first-order valence-electron chi connectivity index (χ1n) is 11.8. The number of aromatic nitrogens is 7. The molecule has 0 saturated heterocycles. The molecule has 1 aliphatic rings. The van der Waals surface area contributed by atoms with Crippen molar-refractivity contribution in [2.45, 2.75) is 12.8 Å². The minimum Gasteiger partial charge on any atom is -0.336 e. The van der Waals surface area contributed by atoms with E-state index in [9.17, 15) is 9.18 Å². The van der Waals surface area contributed by atoms with Crippen molar-refractivity contribution in [3.63, 3.8) is 0 Å². The second kappa shape index (κ2) is 8.30. The molecule has 180 valence electrons. The highest BCUT2D eigenvalue weighted by Gasteiger charge is 2.29. The zero-order valence-corrected chi connectivity index (χ0v) is 19.4. The number of H-pyrrole nitrogens is 2. The van der Waals surface area contributed by atoms with E-state index < -0.39 is 0 Å². The predicted octanol–water partition coefficient (Wildman–Crippen LogP) is 5.11. The molecule has 10 heteroatoms. The highest BCUT2D eigenvalue weighted by atomic mass is 19.1. The molecule has 1 aromatic carbocycles. The van der Waals surface area contributed by atoms with Crippen molar-refractivity contribution < 1.29 is 9.18 Å². The lowest BCUT2D eigenvalue weighted by atomic mass is 10.1. The highest BCUT2D eigenvalue weighted by Crippen LogP contribution is 2.32. The zero-order valence-electron chi connectivity index (χ0n) is 19.4. The van der Waals surface area contributed by atoms with Crippen LogP contribution in [0, 0.1) is 11.7 Å². The lowest BCUT2D eigenvalue weighted by Gasteiger charge is -2.06. The fourth-order valence-corrected chi connectivity index (χ4v) is 4.33. The van der Waals surface area contributed by atoms with Gasteiger partial charge in [0.15, 0.2) is 11.5 Å². The Morgan fingerprint density at radius 2 is 1.76 bits per heavy atom. The van der Waals surface area contributed by atoms with Crippen molar-refractivity contribution in [3.8, 4) is 34.0 Å². The second-order valence-corrected chi connectivity index (χ2v) is 9.04. The van der Waals surface area contributed by atoms with Crippen LogP contribution in [-0.4, -0.2) is 41.0 Å². The number of carbonyl (C=O) groups is 1. The molecule has 7 rings (SSSR count). The minimum atomic E-state index is -0.311. The predicted molar refractivity (Wildman–Crippen MR) is 137 cm³/mol. The van der Waals surface area contributed by atoms with Gasteiger partial charge in [-0.1, -0.05) is 0 Å². The average Bonchev–Trinajstić information content (AvgIpc) is 3.55. The summed E-state index contributed by atoms with van der Waals surface area (Å²) in [4.78, 5) is 33.9. The number of fused-ring (bicyclic) bond motifs is 2. The van der Waals surface area contributed by atoms with E-state index in [1.54, 1.807) is 30.7 Å². The Kier molecular flexibility index (Phi) is 4.78. The van der Waals surface area contributed by atoms with E-state index in [0.29, 0.717) is 39.6 Å². The van der Waals surface area contributed by atoms with E-state index in [1.165, 1.54) is 12.1 Å². The van der Waals surface area contributed by atoms with Crippen LogP contribution in [0.3, 0.4) is 0 Å². The Morgan fingerprint density at radius 3 is 2.59 bits per heavy atom. The molecule has 37 heavy (non-hydrogen) atoms. The molecule has 0 unspecified atom stereocenters. The molecule has 1 saturated carbocycles. The number of carbonyl (C=O) groups excluding carboxylic acids is 1. The van der Waals surface area contributed by atoms with Gasteiger partial charge in [0.1, 0.15) is 16.9 Å². The van der Waals surface area contributed by atoms with Gasteiger partial charge in [0.05, 0.1) is 34.3 Å². The van der Waals surface area contributed by atoms with Crippen molar-refractivity contribution in [1.82, 2.24) is 35.1 Å². The number of anilines is 1. The standard InChI is InChI=1S/C27H19FN8O/c28-17-5-3-14(4-6-17)22-23-20(9-10-30-22)33-26(34-23)25-24-21(35-36-25)8-7-19(32-24)16-11-18(13-29-12-16)31-27(37)15-1-2-15/h3-13,15H,1-2H2,(H,31,37)(H,33,34)(H,35,36). The maximum absolute atomic E-state index is 13.4. The van der Waals surface area contributed by atoms with E-state index in [2.05, 4.69) is 30.5 Å². The van der Waals surface area contributed by atoms with Gasteiger partial charge in [0.2, 0.25) is 5.91 Å². The summed E-state index contributed by atoms with van der Waals surface area (Å²) in [7, 11) is 0. The van der Waals surface area contributed by atoms with Crippen molar-refractivity contribution in [1.29, 1.82) is 0 Å². The van der Waals surface area contributed by atoms with Gasteiger partial charge >= 0.3 is 0 Å². The lowest BCUT2D eigenvalue weighted by Crippen LogP contribution is -2.13. The number of benzene rings is 1. The molecule has 0 aliphatic heterocycles. The van der Waals surface area contributed by atoms with Gasteiger partial charge in [0.25, 0.3) is 0 Å². The maximum Gasteiger partial charge on any atom is 0.227 e. The summed E-state index contributed by atoms with van der Waals surface area (Å²) < 4.78 is 13.4. The monoisotopic (exact) mass is 490 g/mol. The van der Waals surface area contributed by atoms with E-state index in [0.717, 1.165) is 35.0 Å². The number of halogens is 1. The first-order chi connectivity index (χ1) is 18.1. The summed E-state index contributed by atoms with van der Waals surface area (Å²) in [5.74, 6) is 0.355. The number of imidazole rings is 1. The molecule has 1 aliphatic carbocycles. The van der Waals surface area contributed by atoms with E-state index in [1.807, 2.05) is 24.3 Å². The first-order valence-corrected chi connectivity index (χ1v) is 11.8. The van der Waals surface area contributed by atoms with Gasteiger partial charge in [-0.25, -0.2) is 14.4 Å². The Hall–Kier alpha value is -4.99. The van der Waals surface area contributed by atoms with E-state index in [4.69, 9.17) is 9.97 Å². The molecule has 0 radical (unpaired) electrons. The smallest absolute Gasteiger partial charge is 0.227 e. The third-order valence-electron chi connectivity index (χ3n) is 6.40. The first kappa shape index (κ1) is 21.3. The highest BCUT2D eigenvalue weighted by molar-refractivity contribution is 5.96. The number of hydrogen-bond donors (Lipinski definition) is 3. The molecule has 0 bridgehead atoms. The summed E-state index contributed by atoms with van der Waals surface area (Å²) in [6.07, 6.45) is 6.90. The molecule has 3 N–H and O–H groups in total. The van der Waals surface area contributed by atoms with Crippen molar-refractivity contribution in [2.75, 3.05) is 5.32 Å². The molecule has 0 spiro atoms. The van der Waals surface area contributed by atoms with Crippen LogP contribution in [0.15, 0.2) is 67.1 Å². The van der Waals surface area contributed by atoms with Crippen LogP contribution in [0.2, 0.25) is 0 Å². The fraction of sp³-hybridized carbons (Fsp3) is 0.111. The Balaban J connectivity index is 1.28. The molecule has 5 aromatic heterocycles. The molecular formula is C27H19FN8O. The van der Waals surface area contributed by atoms with Crippen LogP contribution < -0.4 is 5.32 Å². The van der Waals surface area contributed by atoms with Crippen LogP contribution in [0.1, 0.15) is 12.8 Å². The Labute approximate surface area is 209 Å². The van der Waals surface area contributed by atoms with Crippen LogP contribution in [0.25, 0.3) is 56.1 Å². The summed E-state index contributed by atoms with van der Waals surface area (Å²) in [5, 5.41) is 10.4. The van der Waals surface area contributed by atoms with E-state index in [-0.39, 0.29) is 17.6 Å². The lowest BCUT2D eigenvalue weighted by molar-refractivity contribution is -0.117. The van der Waals surface area contributed by atoms with Crippen LogP contribution in [-0.2, 0) is 4.79 Å². The maximum atomic E-state index is 13.4. The topological polar surface area (TPSA) is 125 Å². The number of hydrogen-bond acceptors (Lipinski definition) is 6. The number of nitrogens with zero attached hydrogens (tertiary/aromatic N) is 5. The van der Waals surface area contributed by atoms with Crippen LogP contribution in [0.4, 0.5) is 10.1 Å². The summed E-state index contributed by atoms with van der Waals surface area (Å²) in [6, 6.07) is 13.6. The van der Waals surface area contributed by atoms with E-state index >= 15 is 0 Å². The van der Waals surface area contributed by atoms with Gasteiger partial charge in [0, 0.05) is 29.4 Å². The molecule has 9 nitrogen and oxygen atoms in total. The van der Waals surface area contributed by atoms with Gasteiger partial charge in [-0.05, 0) is 61.4 Å².